The number of carbonyl (C=O) groups is 2. The molecule has 6 heteroatoms. The Hall–Kier alpha value is -3.90. The number of fused-ring (bicyclic) bond motifs is 1. The van der Waals surface area contributed by atoms with Crippen molar-refractivity contribution in [3.05, 3.63) is 96.3 Å². The molecule has 0 spiro atoms. The van der Waals surface area contributed by atoms with Crippen molar-refractivity contribution in [2.45, 2.75) is 45.3 Å². The zero-order valence-corrected chi connectivity index (χ0v) is 22.0. The molecule has 6 nitrogen and oxygen atoms in total. The van der Waals surface area contributed by atoms with Gasteiger partial charge in [-0.05, 0) is 47.6 Å². The predicted octanol–water partition coefficient (Wildman–Crippen LogP) is 5.64. The second kappa shape index (κ2) is 11.7. The molecule has 1 aliphatic heterocycles. The van der Waals surface area contributed by atoms with Crippen LogP contribution in [0.25, 0.3) is 22.1 Å². The highest BCUT2D eigenvalue weighted by Crippen LogP contribution is 2.22. The quantitative estimate of drug-likeness (QED) is 0.306. The van der Waals surface area contributed by atoms with Crippen molar-refractivity contribution in [1.29, 1.82) is 0 Å². The molecule has 0 aliphatic carbocycles. The molecule has 2 heterocycles. The lowest BCUT2D eigenvalue weighted by molar-refractivity contribution is -0.124. The normalized spacial score (nSPS) is 16.6. The summed E-state index contributed by atoms with van der Waals surface area (Å²) in [6.07, 6.45) is 1.45. The highest BCUT2D eigenvalue weighted by atomic mass is 16.3. The molecule has 5 rings (SSSR count). The Bertz CT molecular complexity index is 1350. The van der Waals surface area contributed by atoms with Gasteiger partial charge in [-0.2, -0.15) is 0 Å². The predicted molar refractivity (Wildman–Crippen MR) is 151 cm³/mol. The number of rotatable bonds is 9. The number of amides is 2. The van der Waals surface area contributed by atoms with Gasteiger partial charge in [0.15, 0.2) is 5.76 Å². The zero-order valence-electron chi connectivity index (χ0n) is 22.0. The molecule has 2 atom stereocenters. The number of nitrogens with zero attached hydrogens (tertiary/aromatic N) is 1. The minimum atomic E-state index is -0.615. The molecule has 38 heavy (non-hydrogen) atoms. The van der Waals surface area contributed by atoms with Gasteiger partial charge in [0.05, 0.1) is 0 Å². The molecule has 4 aromatic rings. The first-order valence-corrected chi connectivity index (χ1v) is 13.4. The summed E-state index contributed by atoms with van der Waals surface area (Å²) in [5, 5.41) is 6.96. The van der Waals surface area contributed by atoms with E-state index < -0.39 is 6.04 Å². The maximum absolute atomic E-state index is 13.2. The third-order valence-electron chi connectivity index (χ3n) is 7.06. The van der Waals surface area contributed by atoms with Crippen LogP contribution in [0.5, 0.6) is 0 Å². The number of para-hydroxylation sites is 1. The lowest BCUT2D eigenvalue weighted by Gasteiger charge is -2.22. The first-order chi connectivity index (χ1) is 18.4. The van der Waals surface area contributed by atoms with Crippen LogP contribution in [0.15, 0.2) is 89.3 Å². The molecule has 2 N–H and O–H groups in total. The summed E-state index contributed by atoms with van der Waals surface area (Å²) in [5.74, 6) is -0.0324. The Balaban J connectivity index is 1.16. The molecule has 1 fully saturated rings. The summed E-state index contributed by atoms with van der Waals surface area (Å²) in [6.45, 7) is 6.66. The van der Waals surface area contributed by atoms with E-state index in [0.717, 1.165) is 31.4 Å². The smallest absolute Gasteiger partial charge is 0.287 e. The molecule has 1 aromatic heterocycles. The van der Waals surface area contributed by atoms with E-state index in [-0.39, 0.29) is 29.5 Å². The summed E-state index contributed by atoms with van der Waals surface area (Å²) in [4.78, 5) is 28.5. The Morgan fingerprint density at radius 3 is 2.39 bits per heavy atom. The van der Waals surface area contributed by atoms with Crippen molar-refractivity contribution in [2.75, 3.05) is 13.1 Å². The largest absolute Gasteiger partial charge is 0.451 e. The monoisotopic (exact) mass is 509 g/mol. The number of likely N-dealkylation sites (tertiary alicyclic amines) is 1. The second-order valence-corrected chi connectivity index (χ2v) is 10.6. The minimum Gasteiger partial charge on any atom is -0.451 e. The first kappa shape index (κ1) is 25.7. The molecule has 0 radical (unpaired) electrons. The van der Waals surface area contributed by atoms with Gasteiger partial charge in [0.2, 0.25) is 5.91 Å². The van der Waals surface area contributed by atoms with E-state index in [9.17, 15) is 9.59 Å². The third kappa shape index (κ3) is 6.32. The van der Waals surface area contributed by atoms with E-state index in [1.807, 2.05) is 44.2 Å². The fourth-order valence-electron chi connectivity index (χ4n) is 5.11. The Morgan fingerprint density at radius 1 is 0.947 bits per heavy atom. The zero-order chi connectivity index (χ0) is 26.5. The Kier molecular flexibility index (Phi) is 7.89. The molecule has 0 bridgehead atoms. The highest BCUT2D eigenvalue weighted by molar-refractivity contribution is 5.98. The number of hydrogen-bond acceptors (Lipinski definition) is 4. The molecule has 1 aliphatic rings. The van der Waals surface area contributed by atoms with Crippen LogP contribution in [0.1, 0.15) is 42.8 Å². The van der Waals surface area contributed by atoms with Crippen LogP contribution in [0, 0.1) is 5.92 Å². The van der Waals surface area contributed by atoms with Gasteiger partial charge in [0, 0.05) is 31.1 Å². The number of furan rings is 1. The van der Waals surface area contributed by atoms with E-state index in [1.165, 1.54) is 16.7 Å². The van der Waals surface area contributed by atoms with Gasteiger partial charge in [0.1, 0.15) is 11.6 Å². The van der Waals surface area contributed by atoms with E-state index in [1.54, 1.807) is 6.07 Å². The average molecular weight is 510 g/mol. The lowest BCUT2D eigenvalue weighted by atomic mass is 10.0. The van der Waals surface area contributed by atoms with E-state index in [0.29, 0.717) is 12.0 Å². The third-order valence-corrected chi connectivity index (χ3v) is 7.06. The molecular weight excluding hydrogens is 474 g/mol. The summed E-state index contributed by atoms with van der Waals surface area (Å²) in [7, 11) is 0. The number of hydrogen-bond donors (Lipinski definition) is 2. The van der Waals surface area contributed by atoms with Crippen LogP contribution in [0.4, 0.5) is 0 Å². The van der Waals surface area contributed by atoms with Crippen LogP contribution in [-0.4, -0.2) is 41.9 Å². The fourth-order valence-corrected chi connectivity index (χ4v) is 5.11. The molecule has 196 valence electrons. The first-order valence-electron chi connectivity index (χ1n) is 13.4. The van der Waals surface area contributed by atoms with Crippen molar-refractivity contribution in [3.8, 4) is 11.1 Å². The van der Waals surface area contributed by atoms with E-state index in [4.69, 9.17) is 4.42 Å². The molecule has 3 aromatic carbocycles. The van der Waals surface area contributed by atoms with Crippen molar-refractivity contribution in [2.24, 2.45) is 5.92 Å². The van der Waals surface area contributed by atoms with Crippen LogP contribution in [0.3, 0.4) is 0 Å². The highest BCUT2D eigenvalue weighted by Gasteiger charge is 2.29. The molecule has 0 unspecified atom stereocenters. The number of carbonyl (C=O) groups excluding carboxylic acids is 2. The van der Waals surface area contributed by atoms with Gasteiger partial charge in [-0.15, -0.1) is 0 Å². The summed E-state index contributed by atoms with van der Waals surface area (Å²) in [5.41, 5.74) is 4.34. The molecule has 1 saturated heterocycles. The summed E-state index contributed by atoms with van der Waals surface area (Å²) >= 11 is 0. The van der Waals surface area contributed by atoms with Gasteiger partial charge in [-0.25, -0.2) is 0 Å². The standard InChI is InChI=1S/C32H35N3O3/c1-22(2)18-28(34-32(37)30-19-26-10-6-7-11-29(26)38-30)31(36)33-27-16-17-35(21-27)20-23-12-14-25(15-13-23)24-8-4-3-5-9-24/h3-15,19,22,27-28H,16-18,20-21H2,1-2H3,(H,33,36)(H,34,37)/t27-,28-/m0/s1. The number of benzene rings is 3. The minimum absolute atomic E-state index is 0.0591. The van der Waals surface area contributed by atoms with Gasteiger partial charge >= 0.3 is 0 Å². The van der Waals surface area contributed by atoms with Gasteiger partial charge < -0.3 is 15.1 Å². The lowest BCUT2D eigenvalue weighted by Crippen LogP contribution is -2.50. The Labute approximate surface area is 224 Å². The molecule has 2 amide bonds. The maximum atomic E-state index is 13.2. The van der Waals surface area contributed by atoms with Crippen molar-refractivity contribution in [1.82, 2.24) is 15.5 Å². The van der Waals surface area contributed by atoms with Crippen LogP contribution in [0.2, 0.25) is 0 Å². The van der Waals surface area contributed by atoms with Gasteiger partial charge in [-0.1, -0.05) is 86.6 Å². The summed E-state index contributed by atoms with van der Waals surface area (Å²) in [6, 6.07) is 27.7. The van der Waals surface area contributed by atoms with Crippen molar-refractivity contribution in [3.63, 3.8) is 0 Å². The maximum Gasteiger partial charge on any atom is 0.287 e. The Morgan fingerprint density at radius 2 is 1.66 bits per heavy atom. The van der Waals surface area contributed by atoms with Crippen LogP contribution < -0.4 is 10.6 Å². The van der Waals surface area contributed by atoms with E-state index in [2.05, 4.69) is 64.1 Å². The number of nitrogens with one attached hydrogen (secondary N) is 2. The van der Waals surface area contributed by atoms with Gasteiger partial charge in [-0.3, -0.25) is 14.5 Å². The second-order valence-electron chi connectivity index (χ2n) is 10.6. The van der Waals surface area contributed by atoms with E-state index >= 15 is 0 Å². The van der Waals surface area contributed by atoms with Crippen LogP contribution >= 0.6 is 0 Å². The van der Waals surface area contributed by atoms with Gasteiger partial charge in [0.25, 0.3) is 5.91 Å². The molecule has 0 saturated carbocycles. The van der Waals surface area contributed by atoms with Crippen molar-refractivity contribution < 1.29 is 14.0 Å². The summed E-state index contributed by atoms with van der Waals surface area (Å²) < 4.78 is 5.70. The average Bonchev–Trinajstić information content (AvgIpc) is 3.56. The fraction of sp³-hybridized carbons (Fsp3) is 0.312. The topological polar surface area (TPSA) is 74.6 Å². The van der Waals surface area contributed by atoms with Crippen LogP contribution in [-0.2, 0) is 11.3 Å². The molecular formula is C32H35N3O3. The van der Waals surface area contributed by atoms with Crippen molar-refractivity contribution >= 4 is 22.8 Å². The SMILES string of the molecule is CC(C)C[C@H](NC(=O)c1cc2ccccc2o1)C(=O)N[C@H]1CCN(Cc2ccc(-c3ccccc3)cc2)C1.